The average Bonchev–Trinajstić information content (AvgIpc) is 3.20. The summed E-state index contributed by atoms with van der Waals surface area (Å²) in [5.41, 5.74) is 3.43. The Morgan fingerprint density at radius 1 is 1.25 bits per heavy atom. The van der Waals surface area contributed by atoms with Crippen LogP contribution in [0.3, 0.4) is 0 Å². The van der Waals surface area contributed by atoms with Gasteiger partial charge in [0.15, 0.2) is 0 Å². The molecule has 3 aromatic rings. The summed E-state index contributed by atoms with van der Waals surface area (Å²) in [5.74, 6) is 0.104. The van der Waals surface area contributed by atoms with E-state index in [9.17, 15) is 4.79 Å². The first-order valence-electron chi connectivity index (χ1n) is 11.1. The summed E-state index contributed by atoms with van der Waals surface area (Å²) in [7, 11) is 1.40. The molecule has 0 N–H and O–H groups in total. The molecule has 2 aliphatic heterocycles. The number of nitrogens with zero attached hydrogens (tertiary/aromatic N) is 4. The van der Waals surface area contributed by atoms with E-state index in [-0.39, 0.29) is 18.1 Å². The predicted octanol–water partition coefficient (Wildman–Crippen LogP) is 4.08. The van der Waals surface area contributed by atoms with Crippen molar-refractivity contribution < 1.29 is 14.3 Å². The highest BCUT2D eigenvalue weighted by Crippen LogP contribution is 2.32. The van der Waals surface area contributed by atoms with E-state index in [1.54, 1.807) is 6.07 Å². The van der Waals surface area contributed by atoms with Gasteiger partial charge in [0, 0.05) is 24.8 Å². The van der Waals surface area contributed by atoms with Crippen molar-refractivity contribution in [1.82, 2.24) is 19.4 Å². The molecule has 168 valence electrons. The van der Waals surface area contributed by atoms with E-state index in [0.717, 1.165) is 62.2 Å². The number of likely N-dealkylation sites (tertiary alicyclic amines) is 1. The molecule has 32 heavy (non-hydrogen) atoms. The maximum atomic E-state index is 12.0. The van der Waals surface area contributed by atoms with Gasteiger partial charge in [-0.25, -0.2) is 14.8 Å². The van der Waals surface area contributed by atoms with Crippen LogP contribution < -0.4 is 0 Å². The van der Waals surface area contributed by atoms with Gasteiger partial charge in [-0.1, -0.05) is 17.7 Å². The Morgan fingerprint density at radius 2 is 2.06 bits per heavy atom. The molecule has 2 saturated heterocycles. The molecule has 7 nitrogen and oxygen atoms in total. The number of halogens is 1. The second kappa shape index (κ2) is 9.17. The Hall–Kier alpha value is -2.48. The van der Waals surface area contributed by atoms with Gasteiger partial charge in [-0.2, -0.15) is 0 Å². The third-order valence-corrected chi connectivity index (χ3v) is 6.91. The molecule has 0 aliphatic carbocycles. The van der Waals surface area contributed by atoms with Crippen LogP contribution in [0.2, 0.25) is 5.15 Å². The standard InChI is InChI=1S/C24H27ClN4O3/c1-31-24(30)17-5-6-19-20(13-17)29(15-26-19)21(22-9-12-32-22)14-28-10-7-16(8-11-28)18-3-2-4-23(25)27-18/h2-6,13,15-16,21-22H,7-12,14H2,1H3. The molecule has 0 saturated carbocycles. The van der Waals surface area contributed by atoms with E-state index in [0.29, 0.717) is 16.6 Å². The number of imidazole rings is 1. The first-order chi connectivity index (χ1) is 15.6. The topological polar surface area (TPSA) is 69.5 Å². The lowest BCUT2D eigenvalue weighted by atomic mass is 9.92. The van der Waals surface area contributed by atoms with Crippen LogP contribution in [0.5, 0.6) is 0 Å². The first-order valence-corrected chi connectivity index (χ1v) is 11.5. The lowest BCUT2D eigenvalue weighted by Crippen LogP contribution is -2.44. The molecule has 2 aliphatic rings. The van der Waals surface area contributed by atoms with Gasteiger partial charge in [-0.3, -0.25) is 0 Å². The number of carbonyl (C=O) groups excluding carboxylic acids is 1. The SMILES string of the molecule is COC(=O)c1ccc2ncn(C(CN3CCC(c4cccc(Cl)n4)CC3)C3CCO3)c2c1. The molecule has 2 unspecified atom stereocenters. The van der Waals surface area contributed by atoms with Gasteiger partial charge in [-0.05, 0) is 62.7 Å². The Balaban J connectivity index is 1.34. The molecule has 2 fully saturated rings. The zero-order valence-corrected chi connectivity index (χ0v) is 18.9. The van der Waals surface area contributed by atoms with Gasteiger partial charge < -0.3 is 18.9 Å². The second-order valence-corrected chi connectivity index (χ2v) is 8.96. The normalized spacial score (nSPS) is 20.8. The van der Waals surface area contributed by atoms with Crippen LogP contribution in [0.25, 0.3) is 11.0 Å². The number of esters is 1. The monoisotopic (exact) mass is 454 g/mol. The quantitative estimate of drug-likeness (QED) is 0.413. The third-order valence-electron chi connectivity index (χ3n) is 6.70. The first kappa shape index (κ1) is 21.4. The van der Waals surface area contributed by atoms with Crippen LogP contribution in [0.4, 0.5) is 0 Å². The molecular weight excluding hydrogens is 428 g/mol. The molecule has 1 aromatic carbocycles. The third kappa shape index (κ3) is 4.25. The van der Waals surface area contributed by atoms with Crippen molar-refractivity contribution in [2.75, 3.05) is 33.4 Å². The van der Waals surface area contributed by atoms with Crippen molar-refractivity contribution in [3.63, 3.8) is 0 Å². The summed E-state index contributed by atoms with van der Waals surface area (Å²) in [4.78, 5) is 23.6. The highest BCUT2D eigenvalue weighted by molar-refractivity contribution is 6.29. The Kier molecular flexibility index (Phi) is 6.13. The Labute approximate surface area is 192 Å². The molecule has 0 amide bonds. The number of carbonyl (C=O) groups is 1. The Morgan fingerprint density at radius 3 is 2.75 bits per heavy atom. The molecule has 5 rings (SSSR count). The van der Waals surface area contributed by atoms with Crippen molar-refractivity contribution in [1.29, 1.82) is 0 Å². The van der Waals surface area contributed by atoms with Crippen LogP contribution >= 0.6 is 11.6 Å². The van der Waals surface area contributed by atoms with E-state index in [1.807, 2.05) is 30.6 Å². The second-order valence-electron chi connectivity index (χ2n) is 8.57. The van der Waals surface area contributed by atoms with Crippen molar-refractivity contribution in [3.8, 4) is 0 Å². The number of aromatic nitrogens is 3. The highest BCUT2D eigenvalue weighted by Gasteiger charge is 2.33. The molecule has 0 bridgehead atoms. The van der Waals surface area contributed by atoms with Crippen LogP contribution in [-0.2, 0) is 9.47 Å². The van der Waals surface area contributed by atoms with Crippen molar-refractivity contribution in [2.45, 2.75) is 37.3 Å². The number of ether oxygens (including phenoxy) is 2. The molecular formula is C24H27ClN4O3. The molecule has 0 spiro atoms. The average molecular weight is 455 g/mol. The minimum Gasteiger partial charge on any atom is -0.465 e. The van der Waals surface area contributed by atoms with Gasteiger partial charge in [0.2, 0.25) is 0 Å². The molecule has 4 heterocycles. The number of hydrogen-bond acceptors (Lipinski definition) is 6. The minimum absolute atomic E-state index is 0.141. The summed E-state index contributed by atoms with van der Waals surface area (Å²) in [6, 6.07) is 11.5. The van der Waals surface area contributed by atoms with Crippen molar-refractivity contribution >= 4 is 28.6 Å². The molecule has 2 atom stereocenters. The van der Waals surface area contributed by atoms with Gasteiger partial charge in [0.25, 0.3) is 0 Å². The number of rotatable bonds is 6. The lowest BCUT2D eigenvalue weighted by Gasteiger charge is -2.40. The van der Waals surface area contributed by atoms with E-state index in [2.05, 4.69) is 25.5 Å². The van der Waals surface area contributed by atoms with Crippen molar-refractivity contribution in [2.24, 2.45) is 0 Å². The molecule has 0 radical (unpaired) electrons. The van der Waals surface area contributed by atoms with E-state index in [4.69, 9.17) is 21.1 Å². The van der Waals surface area contributed by atoms with Gasteiger partial charge in [0.1, 0.15) is 5.15 Å². The lowest BCUT2D eigenvalue weighted by molar-refractivity contribution is -0.0859. The number of hydrogen-bond donors (Lipinski definition) is 0. The van der Waals surface area contributed by atoms with E-state index >= 15 is 0 Å². The minimum atomic E-state index is -0.340. The zero-order valence-electron chi connectivity index (χ0n) is 18.1. The fraction of sp³-hybridized carbons (Fsp3) is 0.458. The maximum Gasteiger partial charge on any atom is 0.337 e. The summed E-state index contributed by atoms with van der Waals surface area (Å²) < 4.78 is 13.0. The summed E-state index contributed by atoms with van der Waals surface area (Å²) in [6.07, 6.45) is 5.18. The van der Waals surface area contributed by atoms with E-state index in [1.165, 1.54) is 7.11 Å². The summed E-state index contributed by atoms with van der Waals surface area (Å²) >= 11 is 6.09. The summed E-state index contributed by atoms with van der Waals surface area (Å²) in [6.45, 7) is 3.68. The number of fused-ring (bicyclic) bond motifs is 1. The van der Waals surface area contributed by atoms with Crippen molar-refractivity contribution in [3.05, 3.63) is 59.1 Å². The van der Waals surface area contributed by atoms with Gasteiger partial charge in [-0.15, -0.1) is 0 Å². The summed E-state index contributed by atoms with van der Waals surface area (Å²) in [5, 5.41) is 0.561. The number of pyridine rings is 1. The molecule has 2 aromatic heterocycles. The van der Waals surface area contributed by atoms with E-state index < -0.39 is 0 Å². The Bertz CT molecular complexity index is 1110. The van der Waals surface area contributed by atoms with Crippen LogP contribution in [0.15, 0.2) is 42.7 Å². The van der Waals surface area contributed by atoms with Crippen LogP contribution in [0.1, 0.15) is 47.3 Å². The van der Waals surface area contributed by atoms with Gasteiger partial charge in [0.05, 0.1) is 42.2 Å². The smallest absolute Gasteiger partial charge is 0.337 e. The fourth-order valence-corrected chi connectivity index (χ4v) is 4.97. The fourth-order valence-electron chi connectivity index (χ4n) is 4.80. The predicted molar refractivity (Wildman–Crippen MR) is 122 cm³/mol. The maximum absolute atomic E-state index is 12.0. The number of piperidine rings is 1. The molecule has 8 heteroatoms. The number of methoxy groups -OCH3 is 1. The van der Waals surface area contributed by atoms with Gasteiger partial charge >= 0.3 is 5.97 Å². The largest absolute Gasteiger partial charge is 0.465 e. The van der Waals surface area contributed by atoms with Crippen LogP contribution in [-0.4, -0.2) is 64.9 Å². The van der Waals surface area contributed by atoms with Crippen LogP contribution in [0, 0.1) is 0 Å². The zero-order chi connectivity index (χ0) is 22.1. The number of benzene rings is 1. The highest BCUT2D eigenvalue weighted by atomic mass is 35.5.